The van der Waals surface area contributed by atoms with Gasteiger partial charge >= 0.3 is 0 Å². The predicted molar refractivity (Wildman–Crippen MR) is 112 cm³/mol. The van der Waals surface area contributed by atoms with Crippen molar-refractivity contribution in [2.24, 2.45) is 0 Å². The largest absolute Gasteiger partial charge is 0.340 e. The summed E-state index contributed by atoms with van der Waals surface area (Å²) in [5.41, 5.74) is 2.88. The second-order valence-corrected chi connectivity index (χ2v) is 9.38. The van der Waals surface area contributed by atoms with Gasteiger partial charge in [-0.25, -0.2) is 8.42 Å². The van der Waals surface area contributed by atoms with E-state index >= 15 is 0 Å². The van der Waals surface area contributed by atoms with Crippen LogP contribution in [0.1, 0.15) is 27.9 Å². The molecule has 0 aliphatic carbocycles. The lowest BCUT2D eigenvalue weighted by Gasteiger charge is -2.19. The molecule has 2 aromatic carbocycles. The average molecular weight is 423 g/mol. The van der Waals surface area contributed by atoms with E-state index in [4.69, 9.17) is 11.6 Å². The molecule has 0 aromatic heterocycles. The summed E-state index contributed by atoms with van der Waals surface area (Å²) in [5, 5.41) is 5.58. The zero-order valence-electron chi connectivity index (χ0n) is 16.0. The summed E-state index contributed by atoms with van der Waals surface area (Å²) in [7, 11) is -3.30. The summed E-state index contributed by atoms with van der Waals surface area (Å²) in [5.74, 6) is -1.27. The van der Waals surface area contributed by atoms with Crippen molar-refractivity contribution in [2.45, 2.75) is 26.3 Å². The molecule has 0 saturated heterocycles. The second kappa shape index (κ2) is 9.21. The number of carbonyl (C=O) groups excluding carboxylic acids is 2. The fourth-order valence-corrected chi connectivity index (χ4v) is 3.42. The second-order valence-electron chi connectivity index (χ2n) is 6.71. The highest BCUT2D eigenvalue weighted by atomic mass is 35.5. The monoisotopic (exact) mass is 422 g/mol. The molecule has 0 bridgehead atoms. The summed E-state index contributed by atoms with van der Waals surface area (Å²) < 4.78 is 23.1. The van der Waals surface area contributed by atoms with Crippen molar-refractivity contribution < 1.29 is 18.0 Å². The van der Waals surface area contributed by atoms with E-state index in [1.807, 2.05) is 26.0 Å². The van der Waals surface area contributed by atoms with Gasteiger partial charge in [0, 0.05) is 11.9 Å². The van der Waals surface area contributed by atoms with E-state index in [0.29, 0.717) is 5.69 Å². The molecule has 0 saturated carbocycles. The fraction of sp³-hybridized carbons (Fsp3) is 0.300. The molecule has 0 unspecified atom stereocenters. The van der Waals surface area contributed by atoms with Crippen molar-refractivity contribution >= 4 is 38.9 Å². The molecule has 6 nitrogen and oxygen atoms in total. The van der Waals surface area contributed by atoms with Crippen molar-refractivity contribution in [3.63, 3.8) is 0 Å². The SMILES string of the molecule is Cc1ccc(NC(=O)[C@@H](CCS(C)(=O)=O)NC(=O)c2ccccc2Cl)cc1C. The number of anilines is 1. The molecule has 0 spiro atoms. The Labute approximate surface area is 170 Å². The average Bonchev–Trinajstić information content (AvgIpc) is 2.61. The van der Waals surface area contributed by atoms with Crippen LogP contribution in [0.5, 0.6) is 0 Å². The first-order valence-corrected chi connectivity index (χ1v) is 11.1. The summed E-state index contributed by atoms with van der Waals surface area (Å²) in [6.45, 7) is 3.88. The maximum atomic E-state index is 12.7. The minimum atomic E-state index is -3.30. The number of rotatable bonds is 7. The lowest BCUT2D eigenvalue weighted by Crippen LogP contribution is -2.44. The van der Waals surface area contributed by atoms with Crippen LogP contribution in [0, 0.1) is 13.8 Å². The van der Waals surface area contributed by atoms with E-state index in [0.717, 1.165) is 17.4 Å². The van der Waals surface area contributed by atoms with E-state index in [1.165, 1.54) is 6.07 Å². The normalized spacial score (nSPS) is 12.3. The topological polar surface area (TPSA) is 92.3 Å². The molecule has 0 aliphatic heterocycles. The molecule has 1 atom stereocenters. The van der Waals surface area contributed by atoms with Gasteiger partial charge in [0.1, 0.15) is 15.9 Å². The van der Waals surface area contributed by atoms with Crippen LogP contribution in [-0.2, 0) is 14.6 Å². The smallest absolute Gasteiger partial charge is 0.253 e. The Bertz CT molecular complexity index is 989. The first kappa shape index (κ1) is 21.9. The lowest BCUT2D eigenvalue weighted by molar-refractivity contribution is -0.118. The molecule has 2 N–H and O–H groups in total. The van der Waals surface area contributed by atoms with Crippen LogP contribution in [0.15, 0.2) is 42.5 Å². The molecule has 2 amide bonds. The van der Waals surface area contributed by atoms with Crippen LogP contribution in [0.25, 0.3) is 0 Å². The summed E-state index contributed by atoms with van der Waals surface area (Å²) in [6.07, 6.45) is 1.03. The molecule has 2 rings (SSSR count). The van der Waals surface area contributed by atoms with Gasteiger partial charge in [-0.1, -0.05) is 29.8 Å². The fourth-order valence-electron chi connectivity index (χ4n) is 2.53. The Hall–Kier alpha value is -2.38. The van der Waals surface area contributed by atoms with Crippen molar-refractivity contribution in [1.29, 1.82) is 0 Å². The van der Waals surface area contributed by atoms with Gasteiger partial charge in [0.2, 0.25) is 5.91 Å². The highest BCUT2D eigenvalue weighted by molar-refractivity contribution is 7.90. The van der Waals surface area contributed by atoms with Gasteiger partial charge in [-0.3, -0.25) is 9.59 Å². The Morgan fingerprint density at radius 1 is 1.07 bits per heavy atom. The molecule has 8 heteroatoms. The van der Waals surface area contributed by atoms with Gasteiger partial charge in [-0.2, -0.15) is 0 Å². The van der Waals surface area contributed by atoms with Crippen molar-refractivity contribution in [3.8, 4) is 0 Å². The summed E-state index contributed by atoms with van der Waals surface area (Å²) in [4.78, 5) is 25.3. The molecule has 2 aromatic rings. The van der Waals surface area contributed by atoms with Crippen LogP contribution < -0.4 is 10.6 Å². The number of halogens is 1. The number of carbonyl (C=O) groups is 2. The predicted octanol–water partition coefficient (Wildman–Crippen LogP) is 3.13. The maximum Gasteiger partial charge on any atom is 0.253 e. The third kappa shape index (κ3) is 6.35. The van der Waals surface area contributed by atoms with E-state index in [2.05, 4.69) is 10.6 Å². The van der Waals surface area contributed by atoms with Crippen LogP contribution in [-0.4, -0.2) is 38.3 Å². The number of sulfone groups is 1. The molecule has 0 radical (unpaired) electrons. The van der Waals surface area contributed by atoms with Gasteiger partial charge in [-0.15, -0.1) is 0 Å². The lowest BCUT2D eigenvalue weighted by atomic mass is 10.1. The number of hydrogen-bond acceptors (Lipinski definition) is 4. The Balaban J connectivity index is 2.20. The van der Waals surface area contributed by atoms with Crippen LogP contribution in [0.3, 0.4) is 0 Å². The third-order valence-electron chi connectivity index (χ3n) is 4.29. The number of hydrogen-bond donors (Lipinski definition) is 2. The highest BCUT2D eigenvalue weighted by Crippen LogP contribution is 2.17. The van der Waals surface area contributed by atoms with Crippen molar-refractivity contribution in [1.82, 2.24) is 5.32 Å². The Morgan fingerprint density at radius 3 is 2.36 bits per heavy atom. The Morgan fingerprint density at radius 2 is 1.75 bits per heavy atom. The van der Waals surface area contributed by atoms with Gasteiger partial charge in [-0.05, 0) is 55.7 Å². The van der Waals surface area contributed by atoms with Crippen LogP contribution >= 0.6 is 11.6 Å². The quantitative estimate of drug-likeness (QED) is 0.716. The van der Waals surface area contributed by atoms with Gasteiger partial charge < -0.3 is 10.6 Å². The maximum absolute atomic E-state index is 12.7. The van der Waals surface area contributed by atoms with E-state index in [1.54, 1.807) is 24.3 Å². The highest BCUT2D eigenvalue weighted by Gasteiger charge is 2.24. The number of aryl methyl sites for hydroxylation is 2. The molecule has 28 heavy (non-hydrogen) atoms. The zero-order valence-corrected chi connectivity index (χ0v) is 17.5. The molecule has 150 valence electrons. The molecule has 0 heterocycles. The standard InChI is InChI=1S/C20H23ClN2O4S/c1-13-8-9-15(12-14(13)2)22-20(25)18(10-11-28(3,26)27)23-19(24)16-6-4-5-7-17(16)21/h4-9,12,18H,10-11H2,1-3H3,(H,22,25)(H,23,24)/t18-/m1/s1. The van der Waals surface area contributed by atoms with E-state index < -0.39 is 27.7 Å². The molecular weight excluding hydrogens is 400 g/mol. The zero-order chi connectivity index (χ0) is 20.9. The van der Waals surface area contributed by atoms with E-state index in [-0.39, 0.29) is 22.8 Å². The van der Waals surface area contributed by atoms with Crippen LogP contribution in [0.4, 0.5) is 5.69 Å². The first-order chi connectivity index (χ1) is 13.1. The van der Waals surface area contributed by atoms with Gasteiger partial charge in [0.15, 0.2) is 0 Å². The number of benzene rings is 2. The summed E-state index contributed by atoms with van der Waals surface area (Å²) in [6, 6.07) is 10.9. The Kier molecular flexibility index (Phi) is 7.21. The third-order valence-corrected chi connectivity index (χ3v) is 5.60. The number of amides is 2. The van der Waals surface area contributed by atoms with Gasteiger partial charge in [0.05, 0.1) is 16.3 Å². The minimum absolute atomic E-state index is 0.0499. The van der Waals surface area contributed by atoms with Crippen molar-refractivity contribution in [2.75, 3.05) is 17.3 Å². The van der Waals surface area contributed by atoms with Gasteiger partial charge in [0.25, 0.3) is 5.91 Å². The molecular formula is C20H23ClN2O4S. The minimum Gasteiger partial charge on any atom is -0.340 e. The molecule has 0 aliphatic rings. The van der Waals surface area contributed by atoms with Crippen molar-refractivity contribution in [3.05, 3.63) is 64.2 Å². The molecule has 0 fully saturated rings. The number of nitrogens with one attached hydrogen (secondary N) is 2. The van der Waals surface area contributed by atoms with Crippen LogP contribution in [0.2, 0.25) is 5.02 Å². The van der Waals surface area contributed by atoms with E-state index in [9.17, 15) is 18.0 Å². The first-order valence-electron chi connectivity index (χ1n) is 8.68. The summed E-state index contributed by atoms with van der Waals surface area (Å²) >= 11 is 6.04.